The van der Waals surface area contributed by atoms with Crippen molar-refractivity contribution in [3.63, 3.8) is 0 Å². The zero-order valence-corrected chi connectivity index (χ0v) is 16.9. The molecule has 1 saturated heterocycles. The maximum atomic E-state index is 12.2. The largest absolute Gasteiger partial charge is 0.489 e. The zero-order chi connectivity index (χ0) is 21.1. The van der Waals surface area contributed by atoms with E-state index in [4.69, 9.17) is 4.74 Å². The molecule has 1 aliphatic heterocycles. The van der Waals surface area contributed by atoms with Gasteiger partial charge in [-0.3, -0.25) is 14.5 Å². The number of rotatable bonds is 6. The molecular formula is C23H25N3O4. The number of amides is 1. The van der Waals surface area contributed by atoms with Crippen LogP contribution in [0.5, 0.6) is 5.75 Å². The summed E-state index contributed by atoms with van der Waals surface area (Å²) in [5, 5.41) is 10.8. The minimum Gasteiger partial charge on any atom is -0.489 e. The molecule has 1 atom stereocenters. The van der Waals surface area contributed by atoms with Gasteiger partial charge in [-0.2, -0.15) is 0 Å². The number of nitrogens with zero attached hydrogens (tertiary/aromatic N) is 2. The number of carbonyl (C=O) groups excluding carboxylic acids is 1. The second-order valence-electron chi connectivity index (χ2n) is 7.51. The average molecular weight is 407 g/mol. The standard InChI is InChI=1S/C23H25N3O4/c1-16(27)25-9-11-26(12-10-25)22(23(28)29)20-14-24-21-8-7-18(13-19(20)21)30-15-17-5-3-2-4-6-17/h2-8,13-14,22,24H,9-12,15H2,1H3,(H,28,29)/t22-/m1/s1. The van der Waals surface area contributed by atoms with Crippen LogP contribution < -0.4 is 4.74 Å². The molecule has 1 aromatic heterocycles. The number of aromatic nitrogens is 1. The van der Waals surface area contributed by atoms with Gasteiger partial charge in [0.2, 0.25) is 5.91 Å². The molecule has 156 valence electrons. The SMILES string of the molecule is CC(=O)N1CCN([C@@H](C(=O)O)c2c[nH]c3ccc(OCc4ccccc4)cc23)CC1. The first kappa shape index (κ1) is 20.0. The molecule has 0 spiro atoms. The molecule has 1 aliphatic rings. The van der Waals surface area contributed by atoms with Crippen LogP contribution in [-0.4, -0.2) is 57.9 Å². The van der Waals surface area contributed by atoms with E-state index in [0.717, 1.165) is 16.5 Å². The van der Waals surface area contributed by atoms with Gasteiger partial charge in [0.25, 0.3) is 0 Å². The fourth-order valence-electron chi connectivity index (χ4n) is 3.96. The van der Waals surface area contributed by atoms with Gasteiger partial charge in [-0.05, 0) is 23.8 Å². The van der Waals surface area contributed by atoms with Crippen molar-refractivity contribution in [2.24, 2.45) is 0 Å². The van der Waals surface area contributed by atoms with Gasteiger partial charge in [0.15, 0.2) is 0 Å². The molecule has 30 heavy (non-hydrogen) atoms. The number of fused-ring (bicyclic) bond motifs is 1. The molecular weight excluding hydrogens is 382 g/mol. The number of hydrogen-bond acceptors (Lipinski definition) is 4. The van der Waals surface area contributed by atoms with Crippen LogP contribution in [0.25, 0.3) is 10.9 Å². The summed E-state index contributed by atoms with van der Waals surface area (Å²) in [6.07, 6.45) is 1.77. The third kappa shape index (κ3) is 4.16. The van der Waals surface area contributed by atoms with E-state index >= 15 is 0 Å². The van der Waals surface area contributed by atoms with Crippen molar-refractivity contribution in [2.75, 3.05) is 26.2 Å². The number of ether oxygens (including phenoxy) is 1. The van der Waals surface area contributed by atoms with Crippen molar-refractivity contribution in [3.05, 3.63) is 65.9 Å². The van der Waals surface area contributed by atoms with Crippen LogP contribution in [0.2, 0.25) is 0 Å². The molecule has 1 fully saturated rings. The van der Waals surface area contributed by atoms with Gasteiger partial charge in [0, 0.05) is 55.8 Å². The van der Waals surface area contributed by atoms with Crippen molar-refractivity contribution in [1.29, 1.82) is 0 Å². The maximum absolute atomic E-state index is 12.2. The number of hydrogen-bond donors (Lipinski definition) is 2. The predicted molar refractivity (Wildman–Crippen MR) is 113 cm³/mol. The van der Waals surface area contributed by atoms with Crippen LogP contribution in [0.4, 0.5) is 0 Å². The number of carboxylic acid groups (broad SMARTS) is 1. The predicted octanol–water partition coefficient (Wildman–Crippen LogP) is 3.04. The molecule has 7 nitrogen and oxygen atoms in total. The van der Waals surface area contributed by atoms with E-state index in [2.05, 4.69) is 4.98 Å². The average Bonchev–Trinajstić information content (AvgIpc) is 3.16. The Balaban J connectivity index is 1.57. The smallest absolute Gasteiger partial charge is 0.325 e. The number of nitrogens with one attached hydrogen (secondary N) is 1. The van der Waals surface area contributed by atoms with Crippen LogP contribution in [-0.2, 0) is 16.2 Å². The summed E-state index contributed by atoms with van der Waals surface area (Å²) in [7, 11) is 0. The normalized spacial score (nSPS) is 15.8. The summed E-state index contributed by atoms with van der Waals surface area (Å²) < 4.78 is 5.93. The van der Waals surface area contributed by atoms with Crippen LogP contribution in [0.1, 0.15) is 24.1 Å². The van der Waals surface area contributed by atoms with Gasteiger partial charge in [0.1, 0.15) is 18.4 Å². The van der Waals surface area contributed by atoms with Gasteiger partial charge < -0.3 is 19.7 Å². The molecule has 0 aliphatic carbocycles. The van der Waals surface area contributed by atoms with E-state index in [1.54, 1.807) is 18.0 Å². The molecule has 7 heteroatoms. The lowest BCUT2D eigenvalue weighted by Gasteiger charge is -2.37. The number of aliphatic carboxylic acids is 1. The minimum absolute atomic E-state index is 0.0221. The first-order chi connectivity index (χ1) is 14.5. The Bertz CT molecular complexity index is 1040. The Morgan fingerprint density at radius 1 is 1.10 bits per heavy atom. The van der Waals surface area contributed by atoms with Crippen LogP contribution >= 0.6 is 0 Å². The summed E-state index contributed by atoms with van der Waals surface area (Å²) in [5.74, 6) is -0.186. The first-order valence-electron chi connectivity index (χ1n) is 10.0. The number of carboxylic acids is 1. The highest BCUT2D eigenvalue weighted by atomic mass is 16.5. The van der Waals surface area contributed by atoms with Gasteiger partial charge in [-0.1, -0.05) is 30.3 Å². The molecule has 0 bridgehead atoms. The van der Waals surface area contributed by atoms with Crippen LogP contribution in [0.15, 0.2) is 54.7 Å². The third-order valence-corrected chi connectivity index (χ3v) is 5.59. The number of piperazine rings is 1. The van der Waals surface area contributed by atoms with Gasteiger partial charge in [0.05, 0.1) is 0 Å². The van der Waals surface area contributed by atoms with E-state index in [1.807, 2.05) is 53.4 Å². The summed E-state index contributed by atoms with van der Waals surface area (Å²) >= 11 is 0. The lowest BCUT2D eigenvalue weighted by molar-refractivity contribution is -0.144. The van der Waals surface area contributed by atoms with Gasteiger partial charge >= 0.3 is 5.97 Å². The summed E-state index contributed by atoms with van der Waals surface area (Å²) in [6, 6.07) is 14.8. The number of aromatic amines is 1. The van der Waals surface area contributed by atoms with Crippen molar-refractivity contribution in [2.45, 2.75) is 19.6 Å². The highest BCUT2D eigenvalue weighted by Gasteiger charge is 2.32. The summed E-state index contributed by atoms with van der Waals surface area (Å²) in [4.78, 5) is 30.6. The van der Waals surface area contributed by atoms with Crippen LogP contribution in [0, 0.1) is 0 Å². The van der Waals surface area contributed by atoms with Crippen LogP contribution in [0.3, 0.4) is 0 Å². The fourth-order valence-corrected chi connectivity index (χ4v) is 3.96. The number of carbonyl (C=O) groups is 2. The monoisotopic (exact) mass is 407 g/mol. The first-order valence-corrected chi connectivity index (χ1v) is 10.0. The quantitative estimate of drug-likeness (QED) is 0.656. The highest BCUT2D eigenvalue weighted by molar-refractivity contribution is 5.90. The maximum Gasteiger partial charge on any atom is 0.325 e. The lowest BCUT2D eigenvalue weighted by Crippen LogP contribution is -2.50. The summed E-state index contributed by atoms with van der Waals surface area (Å²) in [6.45, 7) is 4.10. The molecule has 0 unspecified atom stereocenters. The molecule has 4 rings (SSSR count). The highest BCUT2D eigenvalue weighted by Crippen LogP contribution is 2.32. The van der Waals surface area contributed by atoms with E-state index in [1.165, 1.54) is 0 Å². The number of benzene rings is 2. The second-order valence-corrected chi connectivity index (χ2v) is 7.51. The zero-order valence-electron chi connectivity index (χ0n) is 16.9. The Kier molecular flexibility index (Phi) is 5.72. The Hall–Kier alpha value is -3.32. The van der Waals surface area contributed by atoms with E-state index in [9.17, 15) is 14.7 Å². The van der Waals surface area contributed by atoms with Gasteiger partial charge in [-0.25, -0.2) is 0 Å². The molecule has 2 heterocycles. The molecule has 3 aromatic rings. The summed E-state index contributed by atoms with van der Waals surface area (Å²) in [5.41, 5.74) is 2.64. The van der Waals surface area contributed by atoms with E-state index < -0.39 is 12.0 Å². The molecule has 1 amide bonds. The fraction of sp³-hybridized carbons (Fsp3) is 0.304. The topological polar surface area (TPSA) is 85.9 Å². The molecule has 0 saturated carbocycles. The number of H-pyrrole nitrogens is 1. The molecule has 0 radical (unpaired) electrons. The Labute approximate surface area is 174 Å². The Morgan fingerprint density at radius 3 is 2.50 bits per heavy atom. The second kappa shape index (κ2) is 8.59. The van der Waals surface area contributed by atoms with Crippen molar-refractivity contribution < 1.29 is 19.4 Å². The van der Waals surface area contributed by atoms with Crippen molar-refractivity contribution in [1.82, 2.24) is 14.8 Å². The van der Waals surface area contributed by atoms with Gasteiger partial charge in [-0.15, -0.1) is 0 Å². The minimum atomic E-state index is -0.900. The molecule has 2 aromatic carbocycles. The third-order valence-electron chi connectivity index (χ3n) is 5.59. The van der Waals surface area contributed by atoms with Crippen molar-refractivity contribution >= 4 is 22.8 Å². The van der Waals surface area contributed by atoms with Crippen molar-refractivity contribution in [3.8, 4) is 5.75 Å². The van der Waals surface area contributed by atoms with E-state index in [-0.39, 0.29) is 5.91 Å². The Morgan fingerprint density at radius 2 is 1.83 bits per heavy atom. The molecule has 2 N–H and O–H groups in total. The lowest BCUT2D eigenvalue weighted by atomic mass is 10.0. The van der Waals surface area contributed by atoms with E-state index in [0.29, 0.717) is 44.1 Å².